The van der Waals surface area contributed by atoms with Gasteiger partial charge in [0, 0.05) is 11.6 Å². The summed E-state index contributed by atoms with van der Waals surface area (Å²) in [6.07, 6.45) is 0. The molecule has 0 saturated carbocycles. The van der Waals surface area contributed by atoms with Crippen molar-refractivity contribution >= 4 is 0 Å². The van der Waals surface area contributed by atoms with Crippen LogP contribution >= 0.6 is 0 Å². The van der Waals surface area contributed by atoms with E-state index in [1.54, 1.807) is 20.3 Å². The van der Waals surface area contributed by atoms with Crippen molar-refractivity contribution in [1.82, 2.24) is 10.1 Å². The Morgan fingerprint density at radius 2 is 1.65 bits per heavy atom. The van der Waals surface area contributed by atoms with Gasteiger partial charge in [-0.05, 0) is 36.4 Å². The predicted molar refractivity (Wildman–Crippen MR) is 83.6 cm³/mol. The van der Waals surface area contributed by atoms with Crippen LogP contribution in [0.25, 0.3) is 11.4 Å². The van der Waals surface area contributed by atoms with Crippen molar-refractivity contribution < 1.29 is 18.7 Å². The fourth-order valence-electron chi connectivity index (χ4n) is 2.01. The summed E-state index contributed by atoms with van der Waals surface area (Å²) in [6.45, 7) is 0.191. The summed E-state index contributed by atoms with van der Waals surface area (Å²) in [5.41, 5.74) is 0.849. The van der Waals surface area contributed by atoms with Crippen molar-refractivity contribution in [1.29, 1.82) is 0 Å². The summed E-state index contributed by atoms with van der Waals surface area (Å²) in [5.74, 6) is 3.09. The van der Waals surface area contributed by atoms with Crippen molar-refractivity contribution in [3.05, 3.63) is 54.4 Å². The van der Waals surface area contributed by atoms with Crippen LogP contribution in [0.1, 0.15) is 5.89 Å². The summed E-state index contributed by atoms with van der Waals surface area (Å²) < 4.78 is 21.1. The molecule has 0 saturated heterocycles. The van der Waals surface area contributed by atoms with E-state index in [2.05, 4.69) is 10.1 Å². The highest BCUT2D eigenvalue weighted by Crippen LogP contribution is 2.22. The third-order valence-corrected chi connectivity index (χ3v) is 3.22. The first kappa shape index (κ1) is 14.9. The van der Waals surface area contributed by atoms with Gasteiger partial charge in [0.15, 0.2) is 6.61 Å². The van der Waals surface area contributed by atoms with Crippen LogP contribution in [-0.2, 0) is 6.61 Å². The fraction of sp³-hybridized carbons (Fsp3) is 0.176. The lowest BCUT2D eigenvalue weighted by Gasteiger charge is -2.04. The Morgan fingerprint density at radius 1 is 0.913 bits per heavy atom. The second-order valence-electron chi connectivity index (χ2n) is 4.71. The van der Waals surface area contributed by atoms with Crippen LogP contribution in [0.2, 0.25) is 0 Å². The standard InChI is InChI=1S/C17H16N2O4/c1-20-13-8-6-12(7-9-13)17-18-16(23-19-17)11-22-15-5-3-4-14(10-15)21-2/h3-10H,11H2,1-2H3. The van der Waals surface area contributed by atoms with Gasteiger partial charge < -0.3 is 18.7 Å². The largest absolute Gasteiger partial charge is 0.497 e. The van der Waals surface area contributed by atoms with Crippen molar-refractivity contribution in [2.45, 2.75) is 6.61 Å². The first-order chi connectivity index (χ1) is 11.3. The summed E-state index contributed by atoms with van der Waals surface area (Å²) in [7, 11) is 3.23. The van der Waals surface area contributed by atoms with Crippen LogP contribution in [0.5, 0.6) is 17.2 Å². The number of hydrogen-bond acceptors (Lipinski definition) is 6. The molecule has 2 aromatic carbocycles. The van der Waals surface area contributed by atoms with E-state index in [-0.39, 0.29) is 6.61 Å². The SMILES string of the molecule is COc1ccc(-c2noc(COc3cccc(OC)c3)n2)cc1. The summed E-state index contributed by atoms with van der Waals surface area (Å²) >= 11 is 0. The maximum atomic E-state index is 5.62. The molecule has 0 fully saturated rings. The molecule has 3 aromatic rings. The van der Waals surface area contributed by atoms with Gasteiger partial charge >= 0.3 is 0 Å². The monoisotopic (exact) mass is 312 g/mol. The first-order valence-corrected chi connectivity index (χ1v) is 7.02. The Balaban J connectivity index is 1.66. The third-order valence-electron chi connectivity index (χ3n) is 3.22. The van der Waals surface area contributed by atoms with Gasteiger partial charge in [-0.3, -0.25) is 0 Å². The van der Waals surface area contributed by atoms with Crippen LogP contribution in [0.3, 0.4) is 0 Å². The molecular formula is C17H16N2O4. The minimum absolute atomic E-state index is 0.191. The minimum Gasteiger partial charge on any atom is -0.497 e. The van der Waals surface area contributed by atoms with E-state index in [4.69, 9.17) is 18.7 Å². The molecule has 6 heteroatoms. The second kappa shape index (κ2) is 6.83. The van der Waals surface area contributed by atoms with E-state index >= 15 is 0 Å². The zero-order valence-corrected chi connectivity index (χ0v) is 12.9. The van der Waals surface area contributed by atoms with Crippen molar-refractivity contribution in [3.8, 4) is 28.6 Å². The average Bonchev–Trinajstić information content (AvgIpc) is 3.09. The normalized spacial score (nSPS) is 10.3. The Labute approximate surface area is 133 Å². The van der Waals surface area contributed by atoms with E-state index in [0.29, 0.717) is 17.5 Å². The number of methoxy groups -OCH3 is 2. The summed E-state index contributed by atoms with van der Waals surface area (Å²) in [5, 5.41) is 3.96. The molecule has 0 aliphatic rings. The molecule has 0 atom stereocenters. The molecule has 0 unspecified atom stereocenters. The van der Waals surface area contributed by atoms with Crippen LogP contribution in [0.15, 0.2) is 53.1 Å². The van der Waals surface area contributed by atoms with E-state index in [1.165, 1.54) is 0 Å². The zero-order chi connectivity index (χ0) is 16.1. The lowest BCUT2D eigenvalue weighted by molar-refractivity contribution is 0.242. The van der Waals surface area contributed by atoms with E-state index in [1.807, 2.05) is 42.5 Å². The highest BCUT2D eigenvalue weighted by molar-refractivity contribution is 5.55. The fourth-order valence-corrected chi connectivity index (χ4v) is 2.01. The van der Waals surface area contributed by atoms with Crippen molar-refractivity contribution in [2.75, 3.05) is 14.2 Å². The van der Waals surface area contributed by atoms with E-state index in [0.717, 1.165) is 17.1 Å². The molecule has 0 radical (unpaired) electrons. The number of ether oxygens (including phenoxy) is 3. The number of hydrogen-bond donors (Lipinski definition) is 0. The molecule has 6 nitrogen and oxygen atoms in total. The number of aromatic nitrogens is 2. The second-order valence-corrected chi connectivity index (χ2v) is 4.71. The first-order valence-electron chi connectivity index (χ1n) is 7.02. The molecule has 1 aromatic heterocycles. The Morgan fingerprint density at radius 3 is 2.39 bits per heavy atom. The van der Waals surface area contributed by atoms with Gasteiger partial charge in [0.05, 0.1) is 14.2 Å². The number of benzene rings is 2. The molecule has 0 N–H and O–H groups in total. The Kier molecular flexibility index (Phi) is 4.42. The van der Waals surface area contributed by atoms with Crippen molar-refractivity contribution in [3.63, 3.8) is 0 Å². The third kappa shape index (κ3) is 3.60. The van der Waals surface area contributed by atoms with Gasteiger partial charge in [-0.15, -0.1) is 0 Å². The maximum Gasteiger partial charge on any atom is 0.264 e. The number of nitrogens with zero attached hydrogens (tertiary/aromatic N) is 2. The highest BCUT2D eigenvalue weighted by Gasteiger charge is 2.09. The predicted octanol–water partition coefficient (Wildman–Crippen LogP) is 3.33. The molecule has 0 aliphatic carbocycles. The zero-order valence-electron chi connectivity index (χ0n) is 12.9. The molecule has 0 amide bonds. The van der Waals surface area contributed by atoms with Crippen LogP contribution in [0.4, 0.5) is 0 Å². The minimum atomic E-state index is 0.191. The molecule has 1 heterocycles. The van der Waals surface area contributed by atoms with Gasteiger partial charge in [0.25, 0.3) is 5.89 Å². The van der Waals surface area contributed by atoms with Gasteiger partial charge in [-0.25, -0.2) is 0 Å². The number of rotatable bonds is 6. The molecule has 0 aliphatic heterocycles. The molecule has 0 spiro atoms. The van der Waals surface area contributed by atoms with Crippen molar-refractivity contribution in [2.24, 2.45) is 0 Å². The topological polar surface area (TPSA) is 66.6 Å². The van der Waals surface area contributed by atoms with Gasteiger partial charge in [0.2, 0.25) is 5.82 Å². The molecular weight excluding hydrogens is 296 g/mol. The summed E-state index contributed by atoms with van der Waals surface area (Å²) in [4.78, 5) is 4.32. The van der Waals surface area contributed by atoms with Gasteiger partial charge in [-0.1, -0.05) is 11.2 Å². The lowest BCUT2D eigenvalue weighted by atomic mass is 10.2. The van der Waals surface area contributed by atoms with Crippen LogP contribution in [0, 0.1) is 0 Å². The van der Waals surface area contributed by atoms with E-state index in [9.17, 15) is 0 Å². The maximum absolute atomic E-state index is 5.62. The molecule has 23 heavy (non-hydrogen) atoms. The van der Waals surface area contributed by atoms with E-state index < -0.39 is 0 Å². The smallest absolute Gasteiger partial charge is 0.264 e. The molecule has 118 valence electrons. The van der Waals surface area contributed by atoms with Gasteiger partial charge in [-0.2, -0.15) is 4.98 Å². The lowest BCUT2D eigenvalue weighted by Crippen LogP contribution is -1.96. The quantitative estimate of drug-likeness (QED) is 0.695. The summed E-state index contributed by atoms with van der Waals surface area (Å²) in [6, 6.07) is 14.8. The molecule has 3 rings (SSSR count). The highest BCUT2D eigenvalue weighted by atomic mass is 16.5. The van der Waals surface area contributed by atoms with Crippen LogP contribution in [-0.4, -0.2) is 24.4 Å². The Bertz CT molecular complexity index is 768. The van der Waals surface area contributed by atoms with Gasteiger partial charge in [0.1, 0.15) is 17.2 Å². The van der Waals surface area contributed by atoms with Crippen LogP contribution < -0.4 is 14.2 Å². The average molecular weight is 312 g/mol. The molecule has 0 bridgehead atoms. The Hall–Kier alpha value is -3.02.